The number of aliphatic carboxylic acids is 1. The molecule has 1 saturated heterocycles. The maximum atomic E-state index is 11.6. The lowest BCUT2D eigenvalue weighted by molar-refractivity contribution is -0.137. The summed E-state index contributed by atoms with van der Waals surface area (Å²) < 4.78 is 0. The maximum absolute atomic E-state index is 11.6. The third-order valence-electron chi connectivity index (χ3n) is 8.97. The van der Waals surface area contributed by atoms with E-state index >= 15 is 0 Å². The van der Waals surface area contributed by atoms with Gasteiger partial charge in [-0.05, 0) is 74.1 Å². The second-order valence-corrected chi connectivity index (χ2v) is 11.2. The largest absolute Gasteiger partial charge is 0.511 e. The summed E-state index contributed by atoms with van der Waals surface area (Å²) in [6.45, 7) is 14.5. The first-order valence-electron chi connectivity index (χ1n) is 13.9. The van der Waals surface area contributed by atoms with Gasteiger partial charge in [0.1, 0.15) is 5.76 Å². The Kier molecular flexibility index (Phi) is 6.13. The van der Waals surface area contributed by atoms with Gasteiger partial charge in [-0.15, -0.1) is 0 Å². The van der Waals surface area contributed by atoms with E-state index in [4.69, 9.17) is 15.0 Å². The number of carboxylic acid groups (broad SMARTS) is 1. The first kappa shape index (κ1) is 26.0. The molecular weight excluding hydrogens is 500 g/mol. The number of aliphatic imine (C=N–C) groups is 3. The van der Waals surface area contributed by atoms with Gasteiger partial charge in [-0.25, -0.2) is 15.0 Å². The van der Waals surface area contributed by atoms with Crippen LogP contribution in [0.25, 0.3) is 0 Å². The molecule has 6 aliphatic rings. The van der Waals surface area contributed by atoms with Crippen LogP contribution >= 0.6 is 0 Å². The Bertz CT molecular complexity index is 1660. The number of rotatable bonds is 5. The van der Waals surface area contributed by atoms with Crippen molar-refractivity contribution in [2.24, 2.45) is 26.8 Å². The van der Waals surface area contributed by atoms with E-state index in [1.165, 1.54) is 5.57 Å². The van der Waals surface area contributed by atoms with Gasteiger partial charge < -0.3 is 15.5 Å². The van der Waals surface area contributed by atoms with Crippen molar-refractivity contribution >= 4 is 23.1 Å². The third-order valence-corrected chi connectivity index (χ3v) is 8.97. The molecule has 0 aromatic carbocycles. The fourth-order valence-corrected chi connectivity index (χ4v) is 6.66. The van der Waals surface area contributed by atoms with Crippen LogP contribution in [0.3, 0.4) is 0 Å². The summed E-state index contributed by atoms with van der Waals surface area (Å²) in [6.07, 6.45) is 9.74. The molecule has 7 nitrogen and oxygen atoms in total. The van der Waals surface area contributed by atoms with Gasteiger partial charge in [-0.2, -0.15) is 0 Å². The standard InChI is InChI=1S/C33H34N4O3/c1-7-19-15(3)23-12-25-17(5)21(9-10-30(39)40)32(36-25)22-11-29(38)31-18(6)26(37-33(22)31)14-28-20(8-2)16(4)24(35-28)13-27(19)34-23/h7,12-14,17,21,36,38H,1,8-11H2,2-6H3,(H,39,40)/t17-,21-/m1/s1. The van der Waals surface area contributed by atoms with Crippen LogP contribution in [-0.4, -0.2) is 33.3 Å². The lowest BCUT2D eigenvalue weighted by Gasteiger charge is -2.17. The minimum Gasteiger partial charge on any atom is -0.511 e. The summed E-state index contributed by atoms with van der Waals surface area (Å²) in [7, 11) is 0. The quantitative estimate of drug-likeness (QED) is 0.364. The van der Waals surface area contributed by atoms with Gasteiger partial charge in [0.05, 0.1) is 34.2 Å². The zero-order valence-corrected chi connectivity index (χ0v) is 23.6. The second kappa shape index (κ2) is 9.44. The lowest BCUT2D eigenvalue weighted by atomic mass is 9.86. The number of nitrogens with zero attached hydrogens (tertiary/aromatic N) is 3. The molecule has 7 heteroatoms. The molecule has 204 valence electrons. The normalized spacial score (nSPS) is 25.3. The summed E-state index contributed by atoms with van der Waals surface area (Å²) in [5.74, 6) is -0.530. The predicted molar refractivity (Wildman–Crippen MR) is 159 cm³/mol. The van der Waals surface area contributed by atoms with Crippen molar-refractivity contribution in [1.29, 1.82) is 0 Å². The van der Waals surface area contributed by atoms with E-state index in [1.54, 1.807) is 0 Å². The van der Waals surface area contributed by atoms with Crippen LogP contribution in [-0.2, 0) is 4.79 Å². The molecule has 0 saturated carbocycles. The lowest BCUT2D eigenvalue weighted by Crippen LogP contribution is -2.15. The van der Waals surface area contributed by atoms with Crippen LogP contribution < -0.4 is 5.32 Å². The molecule has 5 heterocycles. The predicted octanol–water partition coefficient (Wildman–Crippen LogP) is 6.71. The van der Waals surface area contributed by atoms with E-state index in [9.17, 15) is 15.0 Å². The molecule has 2 atom stereocenters. The number of carbonyl (C=O) groups is 1. The molecule has 6 rings (SSSR count). The van der Waals surface area contributed by atoms with E-state index in [0.29, 0.717) is 18.6 Å². The average Bonchev–Trinajstić information content (AvgIpc) is 3.65. The molecule has 8 bridgehead atoms. The third kappa shape index (κ3) is 3.86. The molecule has 0 amide bonds. The van der Waals surface area contributed by atoms with Gasteiger partial charge in [-0.3, -0.25) is 4.79 Å². The molecule has 0 aromatic rings. The summed E-state index contributed by atoms with van der Waals surface area (Å²) >= 11 is 0. The van der Waals surface area contributed by atoms with Gasteiger partial charge in [0.2, 0.25) is 0 Å². The van der Waals surface area contributed by atoms with Crippen molar-refractivity contribution in [3.05, 3.63) is 104 Å². The number of allylic oxidation sites excluding steroid dienone is 12. The Morgan fingerprint density at radius 3 is 2.50 bits per heavy atom. The number of carboxylic acids is 1. The fraction of sp³-hybridized carbons (Fsp3) is 0.333. The van der Waals surface area contributed by atoms with Gasteiger partial charge in [-0.1, -0.05) is 26.5 Å². The highest BCUT2D eigenvalue weighted by atomic mass is 16.4. The van der Waals surface area contributed by atoms with Crippen molar-refractivity contribution < 1.29 is 15.0 Å². The Morgan fingerprint density at radius 2 is 1.80 bits per heavy atom. The van der Waals surface area contributed by atoms with Crippen molar-refractivity contribution in [1.82, 2.24) is 5.32 Å². The summed E-state index contributed by atoms with van der Waals surface area (Å²) in [4.78, 5) is 26.7. The number of hydrogen-bond donors (Lipinski definition) is 3. The molecule has 0 unspecified atom stereocenters. The molecule has 0 radical (unpaired) electrons. The Hall–Kier alpha value is -4.26. The molecular formula is C33H34N4O3. The van der Waals surface area contributed by atoms with Gasteiger partial charge in [0, 0.05) is 52.8 Å². The minimum absolute atomic E-state index is 0.0368. The van der Waals surface area contributed by atoms with Crippen LogP contribution in [0, 0.1) is 11.8 Å². The van der Waals surface area contributed by atoms with E-state index < -0.39 is 5.97 Å². The zero-order chi connectivity index (χ0) is 28.5. The van der Waals surface area contributed by atoms with Crippen LogP contribution in [0.4, 0.5) is 0 Å². The second-order valence-electron chi connectivity index (χ2n) is 11.2. The van der Waals surface area contributed by atoms with E-state index in [0.717, 1.165) is 85.5 Å². The van der Waals surface area contributed by atoms with Crippen LogP contribution in [0.15, 0.2) is 119 Å². The highest BCUT2D eigenvalue weighted by Gasteiger charge is 2.41. The number of aliphatic hydroxyl groups is 1. The van der Waals surface area contributed by atoms with Crippen molar-refractivity contribution in [2.75, 3.05) is 0 Å². The summed E-state index contributed by atoms with van der Waals surface area (Å²) in [6, 6.07) is 0. The first-order valence-corrected chi connectivity index (χ1v) is 13.9. The van der Waals surface area contributed by atoms with Gasteiger partial charge >= 0.3 is 5.97 Å². The summed E-state index contributed by atoms with van der Waals surface area (Å²) in [5, 5.41) is 24.3. The number of nitrogens with one attached hydrogen (secondary N) is 1. The first-order chi connectivity index (χ1) is 19.1. The van der Waals surface area contributed by atoms with Crippen molar-refractivity contribution in [3.63, 3.8) is 0 Å². The molecule has 5 aliphatic heterocycles. The van der Waals surface area contributed by atoms with E-state index in [1.807, 2.05) is 25.2 Å². The van der Waals surface area contributed by atoms with E-state index in [-0.39, 0.29) is 18.3 Å². The monoisotopic (exact) mass is 534 g/mol. The van der Waals surface area contributed by atoms with Crippen molar-refractivity contribution in [3.8, 4) is 0 Å². The molecule has 1 aliphatic carbocycles. The Balaban J connectivity index is 1.62. The fourth-order valence-electron chi connectivity index (χ4n) is 6.66. The molecule has 0 aromatic heterocycles. The highest BCUT2D eigenvalue weighted by Crippen LogP contribution is 2.46. The average molecular weight is 535 g/mol. The van der Waals surface area contributed by atoms with Gasteiger partial charge in [0.15, 0.2) is 0 Å². The molecule has 0 spiro atoms. The molecule has 40 heavy (non-hydrogen) atoms. The zero-order valence-electron chi connectivity index (χ0n) is 23.6. The minimum atomic E-state index is -0.819. The van der Waals surface area contributed by atoms with Crippen LogP contribution in [0.5, 0.6) is 0 Å². The number of aliphatic hydroxyl groups excluding tert-OH is 1. The topological polar surface area (TPSA) is 107 Å². The SMILES string of the molecule is C=CC1=C(C)C2=NC1=CC1=NC(=CC3=C(C)C4=C(O)CC(=C5NC(=C2)[C@H](C)[C@H]5CCC(=O)O)C4=N3)C(CC)=C1C. The Labute approximate surface area is 234 Å². The number of fused-ring (bicyclic) bond motifs is 5. The summed E-state index contributed by atoms with van der Waals surface area (Å²) in [5.41, 5.74) is 13.9. The van der Waals surface area contributed by atoms with Gasteiger partial charge in [0.25, 0.3) is 0 Å². The van der Waals surface area contributed by atoms with Crippen LogP contribution in [0.2, 0.25) is 0 Å². The Morgan fingerprint density at radius 1 is 1.07 bits per heavy atom. The van der Waals surface area contributed by atoms with E-state index in [2.05, 4.69) is 45.7 Å². The smallest absolute Gasteiger partial charge is 0.303 e. The van der Waals surface area contributed by atoms with Crippen molar-refractivity contribution in [2.45, 2.75) is 60.3 Å². The number of hydrogen-bond acceptors (Lipinski definition) is 6. The highest BCUT2D eigenvalue weighted by molar-refractivity contribution is 6.21. The molecule has 1 fully saturated rings. The maximum Gasteiger partial charge on any atom is 0.303 e. The molecule has 3 N–H and O–H groups in total. The van der Waals surface area contributed by atoms with Crippen LogP contribution in [0.1, 0.15) is 60.3 Å².